The Bertz CT molecular complexity index is 456. The number of hydrogen-bond acceptors (Lipinski definition) is 2. The first-order valence-electron chi connectivity index (χ1n) is 7.11. The van der Waals surface area contributed by atoms with E-state index in [-0.39, 0.29) is 11.3 Å². The smallest absolute Gasteiger partial charge is 0.227 e. The van der Waals surface area contributed by atoms with Crippen molar-refractivity contribution >= 4 is 5.91 Å². The average molecular weight is 276 g/mol. The fourth-order valence-corrected chi connectivity index (χ4v) is 1.81. The van der Waals surface area contributed by atoms with Gasteiger partial charge in [-0.3, -0.25) is 4.79 Å². The molecule has 0 saturated heterocycles. The molecule has 20 heavy (non-hydrogen) atoms. The molecule has 1 rings (SSSR count). The highest BCUT2D eigenvalue weighted by Crippen LogP contribution is 2.29. The van der Waals surface area contributed by atoms with Gasteiger partial charge in [0.05, 0.1) is 5.41 Å². The van der Waals surface area contributed by atoms with Gasteiger partial charge in [0.25, 0.3) is 0 Å². The highest BCUT2D eigenvalue weighted by Gasteiger charge is 2.40. The summed E-state index contributed by atoms with van der Waals surface area (Å²) < 4.78 is 0. The normalized spacial score (nSPS) is 13.2. The van der Waals surface area contributed by atoms with Gasteiger partial charge in [0.2, 0.25) is 5.91 Å². The summed E-state index contributed by atoms with van der Waals surface area (Å²) in [5.74, 6) is -0.00555. The number of rotatable bonds is 5. The van der Waals surface area contributed by atoms with Gasteiger partial charge < -0.3 is 11.1 Å². The predicted molar refractivity (Wildman–Crippen MR) is 84.5 cm³/mol. The molecule has 1 aromatic carbocycles. The van der Waals surface area contributed by atoms with Gasteiger partial charge in [-0.1, -0.05) is 44.2 Å². The second-order valence-electron chi connectivity index (χ2n) is 7.28. The van der Waals surface area contributed by atoms with Crippen molar-refractivity contribution in [3.63, 3.8) is 0 Å². The minimum Gasteiger partial charge on any atom is -0.355 e. The summed E-state index contributed by atoms with van der Waals surface area (Å²) >= 11 is 0. The van der Waals surface area contributed by atoms with Crippen LogP contribution in [0.2, 0.25) is 0 Å². The molecule has 3 nitrogen and oxygen atoms in total. The van der Waals surface area contributed by atoms with Crippen LogP contribution in [-0.2, 0) is 10.2 Å². The fourth-order valence-electron chi connectivity index (χ4n) is 1.81. The van der Waals surface area contributed by atoms with Crippen LogP contribution < -0.4 is 11.1 Å². The quantitative estimate of drug-likeness (QED) is 0.869. The van der Waals surface area contributed by atoms with Crippen molar-refractivity contribution in [2.45, 2.75) is 52.5 Å². The van der Waals surface area contributed by atoms with Crippen molar-refractivity contribution in [1.29, 1.82) is 0 Å². The topological polar surface area (TPSA) is 55.1 Å². The van der Waals surface area contributed by atoms with Gasteiger partial charge in [-0.2, -0.15) is 0 Å². The van der Waals surface area contributed by atoms with Crippen LogP contribution in [0.25, 0.3) is 0 Å². The van der Waals surface area contributed by atoms with Crippen LogP contribution in [0.4, 0.5) is 0 Å². The summed E-state index contributed by atoms with van der Waals surface area (Å²) in [5.41, 5.74) is 6.04. The number of nitrogens with one attached hydrogen (secondary N) is 1. The van der Waals surface area contributed by atoms with Crippen molar-refractivity contribution < 1.29 is 4.79 Å². The van der Waals surface area contributed by atoms with Crippen LogP contribution >= 0.6 is 0 Å². The lowest BCUT2D eigenvalue weighted by Crippen LogP contribution is -2.56. The van der Waals surface area contributed by atoms with Crippen LogP contribution in [0.3, 0.4) is 0 Å². The standard InChI is InChI=1S/C17H28N2O/c1-15(2,13-10-8-7-9-11-13)12-19-14(20)16(3,4)17(5,6)18/h7-11H,12,18H2,1-6H3,(H,19,20). The molecule has 3 heteroatoms. The molecule has 0 spiro atoms. The molecule has 1 amide bonds. The Labute approximate surface area is 122 Å². The number of hydrogen-bond donors (Lipinski definition) is 2. The Hall–Kier alpha value is -1.35. The molecule has 3 N–H and O–H groups in total. The minimum absolute atomic E-state index is 0.00555. The third-order valence-electron chi connectivity index (χ3n) is 4.42. The summed E-state index contributed by atoms with van der Waals surface area (Å²) in [6.07, 6.45) is 0. The molecule has 0 radical (unpaired) electrons. The first-order chi connectivity index (χ1) is 8.98. The Morgan fingerprint density at radius 3 is 2.00 bits per heavy atom. The lowest BCUT2D eigenvalue weighted by Gasteiger charge is -2.38. The first-order valence-corrected chi connectivity index (χ1v) is 7.11. The van der Waals surface area contributed by atoms with E-state index >= 15 is 0 Å². The van der Waals surface area contributed by atoms with Crippen LogP contribution in [-0.4, -0.2) is 18.0 Å². The molecule has 0 saturated carbocycles. The molecular formula is C17H28N2O. The highest BCUT2D eigenvalue weighted by molar-refractivity contribution is 5.83. The highest BCUT2D eigenvalue weighted by atomic mass is 16.2. The molecule has 0 aliphatic heterocycles. The second-order valence-corrected chi connectivity index (χ2v) is 7.28. The number of carbonyl (C=O) groups excluding carboxylic acids is 1. The summed E-state index contributed by atoms with van der Waals surface area (Å²) in [6.45, 7) is 12.4. The van der Waals surface area contributed by atoms with E-state index in [2.05, 4.69) is 31.3 Å². The monoisotopic (exact) mass is 276 g/mol. The molecule has 0 aliphatic rings. The Morgan fingerprint density at radius 2 is 1.55 bits per heavy atom. The largest absolute Gasteiger partial charge is 0.355 e. The fraction of sp³-hybridized carbons (Fsp3) is 0.588. The lowest BCUT2D eigenvalue weighted by molar-refractivity contribution is -0.132. The van der Waals surface area contributed by atoms with Crippen molar-refractivity contribution in [3.05, 3.63) is 35.9 Å². The van der Waals surface area contributed by atoms with Gasteiger partial charge in [0.15, 0.2) is 0 Å². The van der Waals surface area contributed by atoms with E-state index in [1.165, 1.54) is 5.56 Å². The maximum atomic E-state index is 12.4. The van der Waals surface area contributed by atoms with Crippen LogP contribution in [0.1, 0.15) is 47.1 Å². The Kier molecular flexibility index (Phi) is 4.65. The maximum absolute atomic E-state index is 12.4. The molecular weight excluding hydrogens is 248 g/mol. The zero-order valence-corrected chi connectivity index (χ0v) is 13.6. The van der Waals surface area contributed by atoms with E-state index in [0.29, 0.717) is 6.54 Å². The van der Waals surface area contributed by atoms with E-state index in [0.717, 1.165) is 0 Å². The van der Waals surface area contributed by atoms with E-state index in [1.807, 2.05) is 45.9 Å². The van der Waals surface area contributed by atoms with Crippen molar-refractivity contribution in [2.75, 3.05) is 6.54 Å². The van der Waals surface area contributed by atoms with Gasteiger partial charge in [-0.05, 0) is 33.3 Å². The number of amides is 1. The lowest BCUT2D eigenvalue weighted by atomic mass is 9.74. The molecule has 1 aromatic rings. The summed E-state index contributed by atoms with van der Waals surface area (Å²) in [4.78, 5) is 12.4. The van der Waals surface area contributed by atoms with Gasteiger partial charge >= 0.3 is 0 Å². The van der Waals surface area contributed by atoms with Crippen LogP contribution in [0, 0.1) is 5.41 Å². The third kappa shape index (κ3) is 3.60. The zero-order chi connectivity index (χ0) is 15.6. The van der Waals surface area contributed by atoms with Gasteiger partial charge in [-0.15, -0.1) is 0 Å². The van der Waals surface area contributed by atoms with Gasteiger partial charge in [-0.25, -0.2) is 0 Å². The summed E-state index contributed by atoms with van der Waals surface area (Å²) in [5, 5.41) is 3.05. The molecule has 112 valence electrons. The van der Waals surface area contributed by atoms with Crippen LogP contribution in [0.15, 0.2) is 30.3 Å². The third-order valence-corrected chi connectivity index (χ3v) is 4.42. The zero-order valence-electron chi connectivity index (χ0n) is 13.6. The van der Waals surface area contributed by atoms with E-state index in [4.69, 9.17) is 5.73 Å². The van der Waals surface area contributed by atoms with Crippen molar-refractivity contribution in [2.24, 2.45) is 11.1 Å². The molecule has 0 fully saturated rings. The van der Waals surface area contributed by atoms with E-state index in [9.17, 15) is 4.79 Å². The minimum atomic E-state index is -0.611. The summed E-state index contributed by atoms with van der Waals surface area (Å²) in [6, 6.07) is 10.2. The molecule has 0 aliphatic carbocycles. The molecule has 0 atom stereocenters. The maximum Gasteiger partial charge on any atom is 0.227 e. The van der Waals surface area contributed by atoms with E-state index < -0.39 is 11.0 Å². The van der Waals surface area contributed by atoms with Crippen molar-refractivity contribution in [1.82, 2.24) is 5.32 Å². The Balaban J connectivity index is 2.75. The second kappa shape index (κ2) is 5.57. The first kappa shape index (κ1) is 16.7. The average Bonchev–Trinajstić information content (AvgIpc) is 2.35. The predicted octanol–water partition coefficient (Wildman–Crippen LogP) is 2.84. The molecule has 0 heterocycles. The molecule has 0 aromatic heterocycles. The SMILES string of the molecule is CC(C)(CNC(=O)C(C)(C)C(C)(C)N)c1ccccc1. The Morgan fingerprint density at radius 1 is 1.05 bits per heavy atom. The number of nitrogens with two attached hydrogens (primary N) is 1. The molecule has 0 unspecified atom stereocenters. The summed E-state index contributed by atoms with van der Waals surface area (Å²) in [7, 11) is 0. The van der Waals surface area contributed by atoms with Gasteiger partial charge in [0, 0.05) is 17.5 Å². The number of carbonyl (C=O) groups is 1. The molecule has 0 bridgehead atoms. The van der Waals surface area contributed by atoms with Crippen molar-refractivity contribution in [3.8, 4) is 0 Å². The van der Waals surface area contributed by atoms with Crippen LogP contribution in [0.5, 0.6) is 0 Å². The van der Waals surface area contributed by atoms with E-state index in [1.54, 1.807) is 0 Å². The number of benzene rings is 1. The van der Waals surface area contributed by atoms with Gasteiger partial charge in [0.1, 0.15) is 0 Å².